The first kappa shape index (κ1) is 15.9. The number of carboxylic acids is 1. The Morgan fingerprint density at radius 2 is 1.95 bits per heavy atom. The van der Waals surface area contributed by atoms with Crippen molar-refractivity contribution in [3.8, 4) is 5.75 Å². The smallest absolute Gasteiger partial charge is 0.419 e. The first-order chi connectivity index (χ1) is 10.2. The zero-order chi connectivity index (χ0) is 16.5. The van der Waals surface area contributed by atoms with Crippen molar-refractivity contribution in [2.45, 2.75) is 32.8 Å². The lowest BCUT2D eigenvalue weighted by atomic mass is 10.1. The summed E-state index contributed by atoms with van der Waals surface area (Å²) in [6.45, 7) is 5.33. The van der Waals surface area contributed by atoms with Gasteiger partial charge in [0.15, 0.2) is 0 Å². The number of rotatable bonds is 3. The van der Waals surface area contributed by atoms with Gasteiger partial charge in [-0.05, 0) is 44.5 Å². The number of methoxy groups -OCH3 is 1. The molecule has 0 aliphatic heterocycles. The van der Waals surface area contributed by atoms with Crippen molar-refractivity contribution in [1.82, 2.24) is 4.57 Å². The summed E-state index contributed by atoms with van der Waals surface area (Å²) in [5.41, 5.74) is 0.492. The minimum Gasteiger partial charge on any atom is -0.497 e. The van der Waals surface area contributed by atoms with Gasteiger partial charge in [0.05, 0.1) is 19.0 Å². The highest BCUT2D eigenvalue weighted by Crippen LogP contribution is 2.27. The number of carbonyl (C=O) groups is 2. The van der Waals surface area contributed by atoms with Gasteiger partial charge in [0.2, 0.25) is 0 Å². The minimum atomic E-state index is -0.967. The Morgan fingerprint density at radius 3 is 2.50 bits per heavy atom. The number of nitrogens with zero attached hydrogens (tertiary/aromatic N) is 1. The summed E-state index contributed by atoms with van der Waals surface area (Å²) in [6.07, 6.45) is 0.783. The molecule has 0 spiro atoms. The standard InChI is InChI=1S/C16H19NO5/c1-16(2,3)22-15(20)17-9-10(7-14(18)19)12-8-11(21-4)5-6-13(12)17/h5-6,8-9H,7H2,1-4H3,(H,18,19). The van der Waals surface area contributed by atoms with Crippen LogP contribution in [0.5, 0.6) is 5.75 Å². The van der Waals surface area contributed by atoms with Crippen LogP contribution in [0.15, 0.2) is 24.4 Å². The van der Waals surface area contributed by atoms with Crippen LogP contribution in [0.25, 0.3) is 10.9 Å². The molecule has 2 rings (SSSR count). The lowest BCUT2D eigenvalue weighted by molar-refractivity contribution is -0.136. The Balaban J connectivity index is 2.55. The molecule has 22 heavy (non-hydrogen) atoms. The van der Waals surface area contributed by atoms with Crippen LogP contribution < -0.4 is 4.74 Å². The molecule has 0 saturated carbocycles. The molecule has 118 valence electrons. The average molecular weight is 305 g/mol. The molecule has 0 amide bonds. The Kier molecular flexibility index (Phi) is 4.12. The molecule has 0 saturated heterocycles. The number of carbonyl (C=O) groups excluding carboxylic acids is 1. The number of hydrogen-bond donors (Lipinski definition) is 1. The Hall–Kier alpha value is -2.50. The van der Waals surface area contributed by atoms with Crippen molar-refractivity contribution in [1.29, 1.82) is 0 Å². The molecule has 0 aliphatic rings. The van der Waals surface area contributed by atoms with Crippen molar-refractivity contribution in [2.24, 2.45) is 0 Å². The number of hydrogen-bond acceptors (Lipinski definition) is 4. The van der Waals surface area contributed by atoms with E-state index in [0.29, 0.717) is 22.2 Å². The van der Waals surface area contributed by atoms with Gasteiger partial charge in [0.1, 0.15) is 11.4 Å². The largest absolute Gasteiger partial charge is 0.497 e. The molecular formula is C16H19NO5. The molecule has 0 aliphatic carbocycles. The highest BCUT2D eigenvalue weighted by atomic mass is 16.6. The average Bonchev–Trinajstić information content (AvgIpc) is 2.74. The SMILES string of the molecule is COc1ccc2c(c1)c(CC(=O)O)cn2C(=O)OC(C)(C)C. The fraction of sp³-hybridized carbons (Fsp3) is 0.375. The highest BCUT2D eigenvalue weighted by Gasteiger charge is 2.21. The summed E-state index contributed by atoms with van der Waals surface area (Å²) in [5, 5.41) is 9.69. The summed E-state index contributed by atoms with van der Waals surface area (Å²) in [6, 6.07) is 5.14. The monoisotopic (exact) mass is 305 g/mol. The third-order valence-corrected chi connectivity index (χ3v) is 3.03. The summed E-state index contributed by atoms with van der Waals surface area (Å²) in [4.78, 5) is 23.3. The molecule has 1 aromatic heterocycles. The molecule has 2 aromatic rings. The van der Waals surface area contributed by atoms with Crippen molar-refractivity contribution < 1.29 is 24.2 Å². The maximum Gasteiger partial charge on any atom is 0.419 e. The van der Waals surface area contributed by atoms with Gasteiger partial charge in [-0.1, -0.05) is 0 Å². The second-order valence-electron chi connectivity index (χ2n) is 5.96. The number of aromatic nitrogens is 1. The fourth-order valence-corrected chi connectivity index (χ4v) is 2.17. The quantitative estimate of drug-likeness (QED) is 0.943. The topological polar surface area (TPSA) is 77.8 Å². The van der Waals surface area contributed by atoms with Gasteiger partial charge in [-0.25, -0.2) is 4.79 Å². The second-order valence-corrected chi connectivity index (χ2v) is 5.96. The highest BCUT2D eigenvalue weighted by molar-refractivity contribution is 5.94. The maximum atomic E-state index is 12.3. The molecule has 0 bridgehead atoms. The molecule has 1 heterocycles. The Labute approximate surface area is 128 Å². The molecule has 0 radical (unpaired) electrons. The van der Waals surface area contributed by atoms with Crippen LogP contribution in [-0.4, -0.2) is 34.4 Å². The van der Waals surface area contributed by atoms with Gasteiger partial charge in [0, 0.05) is 11.6 Å². The van der Waals surface area contributed by atoms with Crippen LogP contribution in [0, 0.1) is 0 Å². The third-order valence-electron chi connectivity index (χ3n) is 3.03. The molecule has 1 aromatic carbocycles. The summed E-state index contributed by atoms with van der Waals surface area (Å²) >= 11 is 0. The van der Waals surface area contributed by atoms with E-state index >= 15 is 0 Å². The summed E-state index contributed by atoms with van der Waals surface area (Å²) in [5.74, 6) is -0.368. The van der Waals surface area contributed by atoms with Crippen LogP contribution in [0.1, 0.15) is 26.3 Å². The van der Waals surface area contributed by atoms with Crippen LogP contribution in [-0.2, 0) is 16.0 Å². The van der Waals surface area contributed by atoms with E-state index in [9.17, 15) is 9.59 Å². The van der Waals surface area contributed by atoms with E-state index in [1.807, 2.05) is 0 Å². The second kappa shape index (κ2) is 5.71. The van der Waals surface area contributed by atoms with Gasteiger partial charge in [-0.3, -0.25) is 9.36 Å². The lowest BCUT2D eigenvalue weighted by Crippen LogP contribution is -2.26. The van der Waals surface area contributed by atoms with E-state index in [-0.39, 0.29) is 6.42 Å². The molecule has 0 fully saturated rings. The zero-order valence-electron chi connectivity index (χ0n) is 13.0. The van der Waals surface area contributed by atoms with E-state index < -0.39 is 17.7 Å². The number of benzene rings is 1. The molecular weight excluding hydrogens is 286 g/mol. The van der Waals surface area contributed by atoms with Gasteiger partial charge in [-0.2, -0.15) is 0 Å². The number of aliphatic carboxylic acids is 1. The maximum absolute atomic E-state index is 12.3. The first-order valence-electron chi connectivity index (χ1n) is 6.84. The molecule has 6 heteroatoms. The molecule has 0 unspecified atom stereocenters. The van der Waals surface area contributed by atoms with Crippen molar-refractivity contribution in [2.75, 3.05) is 7.11 Å². The van der Waals surface area contributed by atoms with E-state index in [2.05, 4.69) is 0 Å². The summed E-state index contributed by atoms with van der Waals surface area (Å²) < 4.78 is 11.8. The normalized spacial score (nSPS) is 11.5. The molecule has 6 nitrogen and oxygen atoms in total. The molecule has 1 N–H and O–H groups in total. The van der Waals surface area contributed by atoms with Crippen LogP contribution in [0.2, 0.25) is 0 Å². The van der Waals surface area contributed by atoms with Crippen molar-refractivity contribution >= 4 is 23.0 Å². The van der Waals surface area contributed by atoms with E-state index in [1.54, 1.807) is 39.0 Å². The first-order valence-corrected chi connectivity index (χ1v) is 6.84. The van der Waals surface area contributed by atoms with Gasteiger partial charge in [-0.15, -0.1) is 0 Å². The van der Waals surface area contributed by atoms with E-state index in [4.69, 9.17) is 14.6 Å². The predicted molar refractivity (Wildman–Crippen MR) is 81.5 cm³/mol. The van der Waals surface area contributed by atoms with Gasteiger partial charge in [0.25, 0.3) is 0 Å². The Morgan fingerprint density at radius 1 is 1.27 bits per heavy atom. The fourth-order valence-electron chi connectivity index (χ4n) is 2.17. The number of ether oxygens (including phenoxy) is 2. The third kappa shape index (κ3) is 3.39. The minimum absolute atomic E-state index is 0.181. The van der Waals surface area contributed by atoms with Gasteiger partial charge < -0.3 is 14.6 Å². The number of carboxylic acid groups (broad SMARTS) is 1. The number of fused-ring (bicyclic) bond motifs is 1. The van der Waals surface area contributed by atoms with Crippen molar-refractivity contribution in [3.63, 3.8) is 0 Å². The van der Waals surface area contributed by atoms with E-state index in [1.165, 1.54) is 17.9 Å². The van der Waals surface area contributed by atoms with Gasteiger partial charge >= 0.3 is 12.1 Å². The van der Waals surface area contributed by atoms with E-state index in [0.717, 1.165) is 0 Å². The van der Waals surface area contributed by atoms with Crippen LogP contribution in [0.4, 0.5) is 4.79 Å². The van der Waals surface area contributed by atoms with Crippen LogP contribution >= 0.6 is 0 Å². The zero-order valence-corrected chi connectivity index (χ0v) is 13.0. The van der Waals surface area contributed by atoms with Crippen LogP contribution in [0.3, 0.4) is 0 Å². The summed E-state index contributed by atoms with van der Waals surface area (Å²) in [7, 11) is 1.53. The Bertz CT molecular complexity index is 724. The van der Waals surface area contributed by atoms with Crippen molar-refractivity contribution in [3.05, 3.63) is 30.0 Å². The molecule has 0 atom stereocenters. The predicted octanol–water partition coefficient (Wildman–Crippen LogP) is 3.06. The lowest BCUT2D eigenvalue weighted by Gasteiger charge is -2.19.